The van der Waals surface area contributed by atoms with Crippen LogP contribution in [0, 0.1) is 11.3 Å². The quantitative estimate of drug-likeness (QED) is 0.895. The molecule has 2 rings (SSSR count). The van der Waals surface area contributed by atoms with Crippen LogP contribution >= 0.6 is 0 Å². The number of hydrogen-bond donors (Lipinski definition) is 1. The highest BCUT2D eigenvalue weighted by Crippen LogP contribution is 2.30. The summed E-state index contributed by atoms with van der Waals surface area (Å²) in [5, 5.41) is 17.8. The van der Waals surface area contributed by atoms with Gasteiger partial charge in [0, 0.05) is 6.20 Å². The largest absolute Gasteiger partial charge is 0.493 e. The normalized spacial score (nSPS) is 9.74. The van der Waals surface area contributed by atoms with E-state index in [-0.39, 0.29) is 18.3 Å². The molecule has 6 heteroatoms. The molecule has 1 aromatic heterocycles. The third kappa shape index (κ3) is 2.97. The maximum absolute atomic E-state index is 9.05. The minimum Gasteiger partial charge on any atom is -0.493 e. The minimum atomic E-state index is -0.0863. The van der Waals surface area contributed by atoms with Crippen LogP contribution in [0.3, 0.4) is 0 Å². The Morgan fingerprint density at radius 3 is 2.84 bits per heavy atom. The van der Waals surface area contributed by atoms with Gasteiger partial charge in [-0.25, -0.2) is 4.98 Å². The molecular formula is C13H11N3O3. The van der Waals surface area contributed by atoms with E-state index in [1.807, 2.05) is 6.07 Å². The summed E-state index contributed by atoms with van der Waals surface area (Å²) >= 11 is 0. The van der Waals surface area contributed by atoms with Crippen molar-refractivity contribution in [2.24, 2.45) is 0 Å². The minimum absolute atomic E-state index is 0.0640. The molecule has 0 fully saturated rings. The molecule has 6 nitrogen and oxygen atoms in total. The number of benzene rings is 1. The van der Waals surface area contributed by atoms with Crippen molar-refractivity contribution < 1.29 is 14.6 Å². The fourth-order valence-corrected chi connectivity index (χ4v) is 1.45. The molecule has 0 saturated heterocycles. The standard InChI is InChI=1S/C13H11N3O3/c1-18-12-6-9(8-17)2-3-11(12)19-13-15-5-4-10(7-14)16-13/h2-6,17H,8H2,1H3. The Balaban J connectivity index is 2.30. The van der Waals surface area contributed by atoms with E-state index in [1.165, 1.54) is 19.4 Å². The zero-order valence-electron chi connectivity index (χ0n) is 10.2. The number of hydrogen-bond acceptors (Lipinski definition) is 6. The van der Waals surface area contributed by atoms with E-state index in [9.17, 15) is 0 Å². The topological polar surface area (TPSA) is 88.3 Å². The lowest BCUT2D eigenvalue weighted by atomic mass is 10.2. The Morgan fingerprint density at radius 1 is 1.32 bits per heavy atom. The molecule has 0 spiro atoms. The molecule has 0 atom stereocenters. The molecule has 0 saturated carbocycles. The van der Waals surface area contributed by atoms with Crippen molar-refractivity contribution in [1.29, 1.82) is 5.26 Å². The predicted molar refractivity (Wildman–Crippen MR) is 65.7 cm³/mol. The number of ether oxygens (including phenoxy) is 2. The molecule has 0 aliphatic rings. The second-order valence-corrected chi connectivity index (χ2v) is 3.58. The highest BCUT2D eigenvalue weighted by atomic mass is 16.5. The lowest BCUT2D eigenvalue weighted by Gasteiger charge is -2.09. The number of aliphatic hydroxyl groups is 1. The van der Waals surface area contributed by atoms with Gasteiger partial charge in [0.15, 0.2) is 11.5 Å². The molecule has 0 unspecified atom stereocenters. The monoisotopic (exact) mass is 257 g/mol. The van der Waals surface area contributed by atoms with Gasteiger partial charge in [-0.1, -0.05) is 6.07 Å². The summed E-state index contributed by atoms with van der Waals surface area (Å²) in [5.41, 5.74) is 0.923. The second-order valence-electron chi connectivity index (χ2n) is 3.58. The highest BCUT2D eigenvalue weighted by Gasteiger charge is 2.09. The summed E-state index contributed by atoms with van der Waals surface area (Å²) in [6, 6.07) is 8.46. The molecule has 1 heterocycles. The Labute approximate surface area is 109 Å². The van der Waals surface area contributed by atoms with Gasteiger partial charge in [-0.15, -0.1) is 0 Å². The number of rotatable bonds is 4. The molecule has 0 amide bonds. The van der Waals surface area contributed by atoms with Gasteiger partial charge in [-0.3, -0.25) is 0 Å². The Morgan fingerprint density at radius 2 is 2.16 bits per heavy atom. The van der Waals surface area contributed by atoms with E-state index in [4.69, 9.17) is 19.8 Å². The van der Waals surface area contributed by atoms with Gasteiger partial charge in [0.1, 0.15) is 11.8 Å². The molecule has 0 aliphatic heterocycles. The zero-order chi connectivity index (χ0) is 13.7. The molecule has 19 heavy (non-hydrogen) atoms. The van der Waals surface area contributed by atoms with Crippen molar-refractivity contribution >= 4 is 0 Å². The van der Waals surface area contributed by atoms with Gasteiger partial charge < -0.3 is 14.6 Å². The smallest absolute Gasteiger partial charge is 0.323 e. The van der Waals surface area contributed by atoms with Crippen molar-refractivity contribution in [3.05, 3.63) is 41.7 Å². The molecule has 0 bridgehead atoms. The average molecular weight is 257 g/mol. The van der Waals surface area contributed by atoms with Gasteiger partial charge >= 0.3 is 6.01 Å². The van der Waals surface area contributed by atoms with Gasteiger partial charge in [0.25, 0.3) is 0 Å². The highest BCUT2D eigenvalue weighted by molar-refractivity contribution is 5.44. The van der Waals surface area contributed by atoms with Crippen LogP contribution in [0.4, 0.5) is 0 Å². The number of aliphatic hydroxyl groups excluding tert-OH is 1. The van der Waals surface area contributed by atoms with Crippen molar-refractivity contribution in [2.75, 3.05) is 7.11 Å². The van der Waals surface area contributed by atoms with E-state index < -0.39 is 0 Å². The van der Waals surface area contributed by atoms with Crippen LogP contribution in [0.5, 0.6) is 17.5 Å². The fraction of sp³-hybridized carbons (Fsp3) is 0.154. The number of nitriles is 1. The molecule has 1 N–H and O–H groups in total. The fourth-order valence-electron chi connectivity index (χ4n) is 1.45. The zero-order valence-corrected chi connectivity index (χ0v) is 10.2. The van der Waals surface area contributed by atoms with Crippen LogP contribution in [0.15, 0.2) is 30.5 Å². The molecule has 0 aliphatic carbocycles. The lowest BCUT2D eigenvalue weighted by molar-refractivity contribution is 0.280. The van der Waals surface area contributed by atoms with E-state index >= 15 is 0 Å². The van der Waals surface area contributed by atoms with Gasteiger partial charge in [0.2, 0.25) is 0 Å². The van der Waals surface area contributed by atoms with Crippen LogP contribution < -0.4 is 9.47 Å². The third-order valence-corrected chi connectivity index (χ3v) is 2.36. The summed E-state index contributed by atoms with van der Waals surface area (Å²) in [4.78, 5) is 7.82. The molecule has 2 aromatic rings. The molecular weight excluding hydrogens is 246 g/mol. The summed E-state index contributed by atoms with van der Waals surface area (Å²) in [6.45, 7) is -0.0863. The van der Waals surface area contributed by atoms with Gasteiger partial charge in [0.05, 0.1) is 13.7 Å². The predicted octanol–water partition coefficient (Wildman–Crippen LogP) is 1.64. The van der Waals surface area contributed by atoms with Crippen LogP contribution in [-0.2, 0) is 6.61 Å². The summed E-state index contributed by atoms with van der Waals surface area (Å²) < 4.78 is 10.6. The Hall–Kier alpha value is -2.65. The molecule has 1 aromatic carbocycles. The van der Waals surface area contributed by atoms with Gasteiger partial charge in [-0.2, -0.15) is 10.2 Å². The number of nitrogens with zero attached hydrogens (tertiary/aromatic N) is 3. The lowest BCUT2D eigenvalue weighted by Crippen LogP contribution is -1.96. The van der Waals surface area contributed by atoms with Crippen molar-refractivity contribution in [3.8, 4) is 23.6 Å². The Bertz CT molecular complexity index is 623. The summed E-state index contributed by atoms with van der Waals surface area (Å²) in [6.07, 6.45) is 1.44. The third-order valence-electron chi connectivity index (χ3n) is 2.36. The van der Waals surface area contributed by atoms with Gasteiger partial charge in [-0.05, 0) is 23.8 Å². The van der Waals surface area contributed by atoms with E-state index in [0.29, 0.717) is 17.1 Å². The second kappa shape index (κ2) is 5.80. The van der Waals surface area contributed by atoms with E-state index in [0.717, 1.165) is 0 Å². The summed E-state index contributed by atoms with van der Waals surface area (Å²) in [5.74, 6) is 0.868. The Kier molecular flexibility index (Phi) is 3.90. The SMILES string of the molecule is COc1cc(CO)ccc1Oc1nccc(C#N)n1. The number of aromatic nitrogens is 2. The van der Waals surface area contributed by atoms with Crippen LogP contribution in [0.2, 0.25) is 0 Å². The maximum atomic E-state index is 9.05. The van der Waals surface area contributed by atoms with E-state index in [2.05, 4.69) is 9.97 Å². The first-order valence-corrected chi connectivity index (χ1v) is 5.45. The molecule has 96 valence electrons. The summed E-state index contributed by atoms with van der Waals surface area (Å²) in [7, 11) is 1.50. The van der Waals surface area contributed by atoms with Crippen molar-refractivity contribution in [2.45, 2.75) is 6.61 Å². The maximum Gasteiger partial charge on any atom is 0.323 e. The average Bonchev–Trinajstić information content (AvgIpc) is 2.48. The van der Waals surface area contributed by atoms with E-state index in [1.54, 1.807) is 18.2 Å². The number of methoxy groups -OCH3 is 1. The van der Waals surface area contributed by atoms with Crippen molar-refractivity contribution in [1.82, 2.24) is 9.97 Å². The van der Waals surface area contributed by atoms with Crippen LogP contribution in [0.1, 0.15) is 11.3 Å². The molecule has 0 radical (unpaired) electrons. The van der Waals surface area contributed by atoms with Crippen molar-refractivity contribution in [3.63, 3.8) is 0 Å². The first kappa shape index (κ1) is 12.8. The first-order chi connectivity index (χ1) is 9.26. The van der Waals surface area contributed by atoms with Crippen LogP contribution in [-0.4, -0.2) is 22.2 Å². The van der Waals surface area contributed by atoms with Crippen LogP contribution in [0.25, 0.3) is 0 Å². The first-order valence-electron chi connectivity index (χ1n) is 5.45.